The first-order valence-electron chi connectivity index (χ1n) is 9.17. The quantitative estimate of drug-likeness (QED) is 0.442. The van der Waals surface area contributed by atoms with Gasteiger partial charge in [0.1, 0.15) is 12.1 Å². The van der Waals surface area contributed by atoms with Gasteiger partial charge in [0.15, 0.2) is 17.1 Å². The van der Waals surface area contributed by atoms with Gasteiger partial charge in [-0.15, -0.1) is 16.4 Å². The van der Waals surface area contributed by atoms with E-state index in [4.69, 9.17) is 14.7 Å². The van der Waals surface area contributed by atoms with Crippen molar-refractivity contribution in [3.05, 3.63) is 59.4 Å². The van der Waals surface area contributed by atoms with Gasteiger partial charge in [0, 0.05) is 11.4 Å². The Kier molecular flexibility index (Phi) is 3.91. The number of rotatable bonds is 4. The van der Waals surface area contributed by atoms with Gasteiger partial charge in [-0.3, -0.25) is 4.57 Å². The van der Waals surface area contributed by atoms with Crippen LogP contribution in [-0.2, 0) is 0 Å². The van der Waals surface area contributed by atoms with Gasteiger partial charge in [-0.05, 0) is 62.0 Å². The lowest BCUT2D eigenvalue weighted by Crippen LogP contribution is -1.99. The Morgan fingerprint density at radius 3 is 2.61 bits per heavy atom. The second-order valence-electron chi connectivity index (χ2n) is 6.60. The van der Waals surface area contributed by atoms with E-state index in [9.17, 15) is 0 Å². The highest BCUT2D eigenvalue weighted by atomic mass is 32.1. The average Bonchev–Trinajstić information content (AvgIpc) is 3.42. The second kappa shape index (κ2) is 6.45. The van der Waals surface area contributed by atoms with Crippen LogP contribution < -0.4 is 4.74 Å². The number of aromatic nitrogens is 5. The summed E-state index contributed by atoms with van der Waals surface area (Å²) in [7, 11) is 0. The molecule has 5 aromatic rings. The number of hydrogen-bond donors (Lipinski definition) is 0. The summed E-state index contributed by atoms with van der Waals surface area (Å²) in [6.45, 7) is 6.87. The van der Waals surface area contributed by atoms with E-state index < -0.39 is 0 Å². The highest BCUT2D eigenvalue weighted by Gasteiger charge is 2.19. The van der Waals surface area contributed by atoms with E-state index in [1.165, 1.54) is 0 Å². The summed E-state index contributed by atoms with van der Waals surface area (Å²) >= 11 is 1.64. The molecular formula is C21H19N5OS. The largest absolute Gasteiger partial charge is 0.494 e. The van der Waals surface area contributed by atoms with Gasteiger partial charge in [-0.25, -0.2) is 14.5 Å². The Bertz CT molecular complexity index is 1280. The van der Waals surface area contributed by atoms with E-state index in [1.807, 2.05) is 36.6 Å². The molecule has 6 nitrogen and oxygen atoms in total. The predicted octanol–water partition coefficient (Wildman–Crippen LogP) is 4.81. The molecule has 1 aromatic carbocycles. The maximum atomic E-state index is 5.57. The van der Waals surface area contributed by atoms with Gasteiger partial charge in [-0.1, -0.05) is 6.07 Å². The molecule has 4 heterocycles. The summed E-state index contributed by atoms with van der Waals surface area (Å²) in [4.78, 5) is 10.6. The van der Waals surface area contributed by atoms with Gasteiger partial charge in [0.2, 0.25) is 0 Å². The van der Waals surface area contributed by atoms with Gasteiger partial charge in [0.25, 0.3) is 0 Å². The summed E-state index contributed by atoms with van der Waals surface area (Å²) in [5, 5.41) is 7.68. The van der Waals surface area contributed by atoms with E-state index in [1.54, 1.807) is 22.2 Å². The highest BCUT2D eigenvalue weighted by molar-refractivity contribution is 7.13. The molecule has 0 aliphatic rings. The van der Waals surface area contributed by atoms with E-state index in [2.05, 4.69) is 35.6 Å². The van der Waals surface area contributed by atoms with Crippen LogP contribution in [0.5, 0.6) is 5.75 Å². The molecule has 0 amide bonds. The molecule has 0 bridgehead atoms. The molecule has 0 saturated carbocycles. The molecule has 0 aliphatic heterocycles. The van der Waals surface area contributed by atoms with Crippen LogP contribution in [0.25, 0.3) is 33.1 Å². The van der Waals surface area contributed by atoms with Crippen LogP contribution >= 0.6 is 11.3 Å². The third-order valence-corrected chi connectivity index (χ3v) is 5.85. The Labute approximate surface area is 166 Å². The molecule has 0 N–H and O–H groups in total. The second-order valence-corrected chi connectivity index (χ2v) is 7.54. The van der Waals surface area contributed by atoms with E-state index in [0.29, 0.717) is 6.61 Å². The van der Waals surface area contributed by atoms with Crippen molar-refractivity contribution in [3.8, 4) is 22.1 Å². The molecule has 140 valence electrons. The van der Waals surface area contributed by atoms with Gasteiger partial charge < -0.3 is 4.74 Å². The molecule has 0 aliphatic carbocycles. The van der Waals surface area contributed by atoms with Crippen molar-refractivity contribution in [2.24, 2.45) is 0 Å². The standard InChI is InChI=1S/C21H19N5OS/c1-4-27-16-9-7-15(8-10-16)26-14(3)13(2)18-20(26)22-12-25-21(18)23-19(24-25)17-6-5-11-28-17/h5-12H,4H2,1-3H3. The maximum absolute atomic E-state index is 5.57. The van der Waals surface area contributed by atoms with Crippen LogP contribution in [0.15, 0.2) is 48.1 Å². The predicted molar refractivity (Wildman–Crippen MR) is 112 cm³/mol. The van der Waals surface area contributed by atoms with Crippen LogP contribution in [0.4, 0.5) is 0 Å². The van der Waals surface area contributed by atoms with Gasteiger partial charge in [-0.2, -0.15) is 0 Å². The number of benzene rings is 1. The van der Waals surface area contributed by atoms with Crippen LogP contribution in [0.3, 0.4) is 0 Å². The molecule has 5 rings (SSSR count). The van der Waals surface area contributed by atoms with E-state index in [0.717, 1.165) is 50.1 Å². The molecule has 28 heavy (non-hydrogen) atoms. The molecular weight excluding hydrogens is 370 g/mol. The van der Waals surface area contributed by atoms with E-state index in [-0.39, 0.29) is 0 Å². The molecule has 0 atom stereocenters. The molecule has 0 saturated heterocycles. The normalized spacial score (nSPS) is 11.5. The molecule has 0 radical (unpaired) electrons. The number of ether oxygens (including phenoxy) is 1. The average molecular weight is 389 g/mol. The first kappa shape index (κ1) is 16.9. The number of thiophene rings is 1. The zero-order valence-corrected chi connectivity index (χ0v) is 16.7. The topological polar surface area (TPSA) is 57.2 Å². The highest BCUT2D eigenvalue weighted by Crippen LogP contribution is 2.31. The summed E-state index contributed by atoms with van der Waals surface area (Å²) in [6, 6.07) is 12.1. The summed E-state index contributed by atoms with van der Waals surface area (Å²) in [5.41, 5.74) is 5.07. The zero-order valence-electron chi connectivity index (χ0n) is 15.9. The number of aryl methyl sites for hydroxylation is 1. The summed E-state index contributed by atoms with van der Waals surface area (Å²) < 4.78 is 9.51. The minimum absolute atomic E-state index is 0.656. The third-order valence-electron chi connectivity index (χ3n) is 4.98. The monoisotopic (exact) mass is 389 g/mol. The minimum atomic E-state index is 0.656. The van der Waals surface area contributed by atoms with Crippen molar-refractivity contribution in [2.45, 2.75) is 20.8 Å². The Balaban J connectivity index is 1.73. The lowest BCUT2D eigenvalue weighted by molar-refractivity contribution is 0.340. The summed E-state index contributed by atoms with van der Waals surface area (Å²) in [6.07, 6.45) is 1.74. The molecule has 0 unspecified atom stereocenters. The third kappa shape index (κ3) is 2.51. The first-order valence-corrected chi connectivity index (χ1v) is 10.1. The Morgan fingerprint density at radius 2 is 1.89 bits per heavy atom. The fraction of sp³-hybridized carbons (Fsp3) is 0.190. The maximum Gasteiger partial charge on any atom is 0.192 e. The van der Waals surface area contributed by atoms with Gasteiger partial charge >= 0.3 is 0 Å². The van der Waals surface area contributed by atoms with Crippen LogP contribution in [0.2, 0.25) is 0 Å². The van der Waals surface area contributed by atoms with Crippen molar-refractivity contribution >= 4 is 28.0 Å². The van der Waals surface area contributed by atoms with Crippen molar-refractivity contribution in [3.63, 3.8) is 0 Å². The number of hydrogen-bond acceptors (Lipinski definition) is 5. The lowest BCUT2D eigenvalue weighted by atomic mass is 10.2. The number of nitrogens with zero attached hydrogens (tertiary/aromatic N) is 5. The van der Waals surface area contributed by atoms with Crippen LogP contribution in [0, 0.1) is 13.8 Å². The van der Waals surface area contributed by atoms with E-state index >= 15 is 0 Å². The van der Waals surface area contributed by atoms with Crippen molar-refractivity contribution < 1.29 is 4.74 Å². The fourth-order valence-corrected chi connectivity index (χ4v) is 4.20. The van der Waals surface area contributed by atoms with Crippen molar-refractivity contribution in [2.75, 3.05) is 6.61 Å². The molecule has 4 aromatic heterocycles. The molecule has 7 heteroatoms. The van der Waals surface area contributed by atoms with Crippen LogP contribution in [0.1, 0.15) is 18.2 Å². The summed E-state index contributed by atoms with van der Waals surface area (Å²) in [5.74, 6) is 1.60. The van der Waals surface area contributed by atoms with Gasteiger partial charge in [0.05, 0.1) is 16.9 Å². The SMILES string of the molecule is CCOc1ccc(-n2c(C)c(C)c3c2ncn2nc(-c4cccs4)nc32)cc1. The Morgan fingerprint density at radius 1 is 1.07 bits per heavy atom. The first-order chi connectivity index (χ1) is 13.7. The zero-order chi connectivity index (χ0) is 19.3. The fourth-order valence-electron chi connectivity index (χ4n) is 3.54. The van der Waals surface area contributed by atoms with Crippen LogP contribution in [-0.4, -0.2) is 30.8 Å². The smallest absolute Gasteiger partial charge is 0.192 e. The van der Waals surface area contributed by atoms with Crippen molar-refractivity contribution in [1.82, 2.24) is 24.1 Å². The lowest BCUT2D eigenvalue weighted by Gasteiger charge is -2.09. The minimum Gasteiger partial charge on any atom is -0.494 e. The Hall–Kier alpha value is -3.19. The molecule has 0 fully saturated rings. The number of fused-ring (bicyclic) bond motifs is 3. The van der Waals surface area contributed by atoms with Crippen molar-refractivity contribution in [1.29, 1.82) is 0 Å². The molecule has 0 spiro atoms.